The van der Waals surface area contributed by atoms with Gasteiger partial charge in [0.25, 0.3) is 0 Å². The average molecular weight is 634 g/mol. The van der Waals surface area contributed by atoms with E-state index in [0.29, 0.717) is 25.6 Å². The van der Waals surface area contributed by atoms with E-state index in [9.17, 15) is 18.0 Å². The summed E-state index contributed by atoms with van der Waals surface area (Å²) >= 11 is 0. The lowest BCUT2D eigenvalue weighted by molar-refractivity contribution is 0.0270. The zero-order chi connectivity index (χ0) is 31.7. The van der Waals surface area contributed by atoms with Crippen molar-refractivity contribution in [1.29, 1.82) is 0 Å². The minimum atomic E-state index is -4.18. The summed E-state index contributed by atoms with van der Waals surface area (Å²) in [7, 11) is -2.73. The van der Waals surface area contributed by atoms with Crippen molar-refractivity contribution in [2.24, 2.45) is 5.73 Å². The highest BCUT2D eigenvalue weighted by Gasteiger charge is 2.29. The van der Waals surface area contributed by atoms with Gasteiger partial charge in [0.15, 0.2) is 5.75 Å². The molecule has 1 amide bonds. The van der Waals surface area contributed by atoms with E-state index in [0.717, 1.165) is 31.2 Å². The highest BCUT2D eigenvalue weighted by Crippen LogP contribution is 2.30. The Hall–Kier alpha value is -3.23. The van der Waals surface area contributed by atoms with Gasteiger partial charge >= 0.3 is 12.2 Å². The van der Waals surface area contributed by atoms with Crippen LogP contribution in [-0.4, -0.2) is 77.2 Å². The van der Waals surface area contributed by atoms with E-state index >= 15 is 0 Å². The van der Waals surface area contributed by atoms with Crippen LogP contribution in [-0.2, 0) is 35.4 Å². The van der Waals surface area contributed by atoms with E-state index in [4.69, 9.17) is 29.4 Å². The highest BCUT2D eigenvalue weighted by atomic mass is 32.2. The Morgan fingerprint density at radius 1 is 0.977 bits per heavy atom. The molecule has 44 heavy (non-hydrogen) atoms. The highest BCUT2D eigenvalue weighted by molar-refractivity contribution is 7.89. The molecule has 3 atom stereocenters. The molecule has 0 aromatic heterocycles. The maximum absolute atomic E-state index is 13.8. The quantitative estimate of drug-likeness (QED) is 0.186. The van der Waals surface area contributed by atoms with Gasteiger partial charge in [-0.3, -0.25) is 0 Å². The van der Waals surface area contributed by atoms with Crippen molar-refractivity contribution in [3.8, 4) is 5.75 Å². The van der Waals surface area contributed by atoms with Crippen LogP contribution in [0.4, 0.5) is 9.59 Å². The number of sulfonamides is 1. The number of nitrogens with two attached hydrogens (primary N) is 1. The van der Waals surface area contributed by atoms with Crippen molar-refractivity contribution < 1.29 is 41.7 Å². The van der Waals surface area contributed by atoms with Gasteiger partial charge in [-0.05, 0) is 66.8 Å². The molecular weight excluding hydrogens is 590 g/mol. The van der Waals surface area contributed by atoms with Crippen LogP contribution in [0.1, 0.15) is 68.3 Å². The van der Waals surface area contributed by atoms with E-state index < -0.39 is 28.4 Å². The number of likely N-dealkylation sites (N-methyl/N-ethyl adjacent to an activating group) is 1. The van der Waals surface area contributed by atoms with Crippen LogP contribution < -0.4 is 15.8 Å². The number of nitrogens with zero attached hydrogens (tertiary/aromatic N) is 1. The molecule has 2 aliphatic heterocycles. The molecule has 0 spiro atoms. The number of amides is 1. The number of nitrogens with one attached hydrogen (secondary N) is 1. The van der Waals surface area contributed by atoms with Crippen LogP contribution in [0.5, 0.6) is 5.75 Å². The predicted molar refractivity (Wildman–Crippen MR) is 162 cm³/mol. The average Bonchev–Trinajstić information content (AvgIpc) is 3.73. The number of carbonyl (C=O) groups excluding carboxylic acids is 2. The van der Waals surface area contributed by atoms with Crippen LogP contribution >= 0.6 is 0 Å². The van der Waals surface area contributed by atoms with E-state index in [1.54, 1.807) is 0 Å². The maximum Gasteiger partial charge on any atom is 0.513 e. The SMILES string of the molecule is CC(C)c1ccc(CCN(C)S(=O)(=O)c2cc(C(N)NC(=O)OCC3CCCO3)ccc2OC(=O)OCC2CCCO2)cc1. The summed E-state index contributed by atoms with van der Waals surface area (Å²) in [5.41, 5.74) is 8.64. The molecule has 0 saturated carbocycles. The molecule has 4 rings (SSSR count). The summed E-state index contributed by atoms with van der Waals surface area (Å²) in [6.45, 7) is 5.69. The molecule has 2 heterocycles. The van der Waals surface area contributed by atoms with Crippen molar-refractivity contribution in [2.75, 3.05) is 40.0 Å². The molecule has 2 aromatic rings. The van der Waals surface area contributed by atoms with Crippen molar-refractivity contribution in [3.05, 3.63) is 59.2 Å². The third-order valence-electron chi connectivity index (χ3n) is 7.68. The maximum atomic E-state index is 13.8. The van der Waals surface area contributed by atoms with Crippen LogP contribution in [0.2, 0.25) is 0 Å². The number of carbonyl (C=O) groups is 2. The largest absolute Gasteiger partial charge is 0.513 e. The van der Waals surface area contributed by atoms with Gasteiger partial charge < -0.3 is 34.7 Å². The molecule has 0 bridgehead atoms. The summed E-state index contributed by atoms with van der Waals surface area (Å²) in [6, 6.07) is 12.1. The summed E-state index contributed by atoms with van der Waals surface area (Å²) in [5, 5.41) is 2.51. The Morgan fingerprint density at radius 3 is 2.18 bits per heavy atom. The Balaban J connectivity index is 1.48. The molecule has 3 unspecified atom stereocenters. The van der Waals surface area contributed by atoms with Crippen molar-refractivity contribution >= 4 is 22.3 Å². The number of hydrogen-bond acceptors (Lipinski definition) is 10. The van der Waals surface area contributed by atoms with E-state index in [2.05, 4.69) is 19.2 Å². The molecule has 2 aliphatic rings. The number of rotatable bonds is 13. The fourth-order valence-electron chi connectivity index (χ4n) is 4.90. The molecule has 2 fully saturated rings. The molecule has 3 N–H and O–H groups in total. The van der Waals surface area contributed by atoms with E-state index in [1.165, 1.54) is 35.1 Å². The Labute approximate surface area is 259 Å². The predicted octanol–water partition coefficient (Wildman–Crippen LogP) is 4.23. The van der Waals surface area contributed by atoms with Gasteiger partial charge in [-0.2, -0.15) is 0 Å². The Morgan fingerprint density at radius 2 is 1.59 bits per heavy atom. The number of benzene rings is 2. The lowest BCUT2D eigenvalue weighted by Gasteiger charge is -2.21. The third kappa shape index (κ3) is 9.38. The lowest BCUT2D eigenvalue weighted by atomic mass is 10.0. The summed E-state index contributed by atoms with van der Waals surface area (Å²) < 4.78 is 55.5. The van der Waals surface area contributed by atoms with Gasteiger partial charge in [-0.1, -0.05) is 44.2 Å². The van der Waals surface area contributed by atoms with E-state index in [1.807, 2.05) is 24.3 Å². The second-order valence-electron chi connectivity index (χ2n) is 11.3. The second kappa shape index (κ2) is 15.7. The molecule has 2 aromatic carbocycles. The molecule has 13 heteroatoms. The third-order valence-corrected chi connectivity index (χ3v) is 9.56. The summed E-state index contributed by atoms with van der Waals surface area (Å²) in [4.78, 5) is 24.6. The van der Waals surface area contributed by atoms with Gasteiger partial charge in [0.05, 0.1) is 12.2 Å². The fourth-order valence-corrected chi connectivity index (χ4v) is 6.22. The molecule has 0 radical (unpaired) electrons. The molecular formula is C31H43N3O9S. The molecule has 0 aliphatic carbocycles. The summed E-state index contributed by atoms with van der Waals surface area (Å²) in [6.07, 6.45) is 0.485. The monoisotopic (exact) mass is 633 g/mol. The first kappa shape index (κ1) is 33.7. The fraction of sp³-hybridized carbons (Fsp3) is 0.548. The minimum absolute atomic E-state index is 0.00267. The van der Waals surface area contributed by atoms with E-state index in [-0.39, 0.29) is 48.2 Å². The normalized spacial score (nSPS) is 19.2. The topological polar surface area (TPSA) is 156 Å². The first-order valence-corrected chi connectivity index (χ1v) is 16.4. The van der Waals surface area contributed by atoms with Gasteiger partial charge in [-0.15, -0.1) is 0 Å². The van der Waals surface area contributed by atoms with Crippen LogP contribution in [0.3, 0.4) is 0 Å². The van der Waals surface area contributed by atoms with Gasteiger partial charge in [0.2, 0.25) is 10.0 Å². The van der Waals surface area contributed by atoms with Crippen molar-refractivity contribution in [3.63, 3.8) is 0 Å². The Bertz CT molecular complexity index is 1360. The van der Waals surface area contributed by atoms with Crippen molar-refractivity contribution in [2.45, 2.75) is 75.1 Å². The number of hydrogen-bond donors (Lipinski definition) is 2. The number of alkyl carbamates (subject to hydrolysis) is 1. The van der Waals surface area contributed by atoms with Gasteiger partial charge in [0, 0.05) is 26.8 Å². The first-order chi connectivity index (χ1) is 21.0. The minimum Gasteiger partial charge on any atom is -0.447 e. The van der Waals surface area contributed by atoms with Crippen LogP contribution in [0.25, 0.3) is 0 Å². The lowest BCUT2D eigenvalue weighted by Crippen LogP contribution is -2.36. The Kier molecular flexibility index (Phi) is 12.0. The van der Waals surface area contributed by atoms with Crippen LogP contribution in [0, 0.1) is 0 Å². The molecule has 2 saturated heterocycles. The van der Waals surface area contributed by atoms with Crippen molar-refractivity contribution in [1.82, 2.24) is 9.62 Å². The zero-order valence-corrected chi connectivity index (χ0v) is 26.3. The van der Waals surface area contributed by atoms with Gasteiger partial charge in [0.1, 0.15) is 24.3 Å². The second-order valence-corrected chi connectivity index (χ2v) is 13.3. The molecule has 242 valence electrons. The van der Waals surface area contributed by atoms with Crippen LogP contribution in [0.15, 0.2) is 47.4 Å². The zero-order valence-electron chi connectivity index (χ0n) is 25.5. The first-order valence-electron chi connectivity index (χ1n) is 15.0. The summed E-state index contributed by atoms with van der Waals surface area (Å²) in [5.74, 6) is 0.159. The van der Waals surface area contributed by atoms with Gasteiger partial charge in [-0.25, -0.2) is 22.3 Å². The number of ether oxygens (including phenoxy) is 5. The standard InChI is InChI=1S/C31H43N3O9S/c1-21(2)23-10-8-22(9-11-23)14-15-34(3)44(37,38)28-18-24(29(32)33-30(35)41-19-25-6-4-16-39-25)12-13-27(28)43-31(36)42-20-26-7-5-17-40-26/h8-13,18,21,25-26,29H,4-7,14-17,19-20,32H2,1-3H3,(H,33,35). The smallest absolute Gasteiger partial charge is 0.447 e. The molecule has 12 nitrogen and oxygen atoms in total.